The number of piperazine rings is 2. The van der Waals surface area contributed by atoms with Crippen LogP contribution in [0, 0.1) is 5.41 Å². The number of thiophene rings is 2. The topological polar surface area (TPSA) is 150 Å². The Hall–Kier alpha value is -6.72. The number of hydrogen-bond donors (Lipinski definition) is 2. The van der Waals surface area contributed by atoms with Crippen LogP contribution in [0.3, 0.4) is 0 Å². The van der Waals surface area contributed by atoms with Crippen LogP contribution in [-0.4, -0.2) is 134 Å². The molecular weight excluding hydrogens is 997 g/mol. The maximum atomic E-state index is 13.3. The van der Waals surface area contributed by atoms with E-state index >= 15 is 0 Å². The maximum Gasteiger partial charge on any atom is 0.316 e. The summed E-state index contributed by atoms with van der Waals surface area (Å²) in [6, 6.07) is 36.6. The van der Waals surface area contributed by atoms with Crippen LogP contribution in [0.4, 0.5) is 11.4 Å². The van der Waals surface area contributed by atoms with Crippen LogP contribution in [0.1, 0.15) is 57.8 Å². The van der Waals surface area contributed by atoms with Crippen LogP contribution in [0.2, 0.25) is 0 Å². The second kappa shape index (κ2) is 25.4. The molecule has 0 radical (unpaired) electrons. The average Bonchev–Trinajstić information content (AvgIpc) is 4.15. The molecule has 2 N–H and O–H groups in total. The first kappa shape index (κ1) is 52.7. The van der Waals surface area contributed by atoms with Crippen LogP contribution in [-0.2, 0) is 9.59 Å². The number of rotatable bonds is 27. The minimum Gasteiger partial charge on any atom is -0.494 e. The molecule has 16 heteroatoms. The van der Waals surface area contributed by atoms with Crippen molar-refractivity contribution in [1.82, 2.24) is 19.8 Å². The van der Waals surface area contributed by atoms with Gasteiger partial charge in [0.15, 0.2) is 0 Å². The van der Waals surface area contributed by atoms with E-state index in [2.05, 4.69) is 78.9 Å². The van der Waals surface area contributed by atoms with E-state index in [9.17, 15) is 19.8 Å². The Morgan fingerprint density at radius 1 is 0.526 bits per heavy atom. The van der Waals surface area contributed by atoms with Crippen molar-refractivity contribution in [1.29, 1.82) is 0 Å². The van der Waals surface area contributed by atoms with Crippen molar-refractivity contribution in [2.24, 2.45) is 5.41 Å². The highest BCUT2D eigenvalue weighted by molar-refractivity contribution is 7.17. The number of carbonyl (C=O) groups is 2. The summed E-state index contributed by atoms with van der Waals surface area (Å²) in [5.41, 5.74) is 2.55. The van der Waals surface area contributed by atoms with Gasteiger partial charge in [-0.05, 0) is 135 Å². The van der Waals surface area contributed by atoms with Gasteiger partial charge in [-0.25, -0.2) is 9.97 Å². The van der Waals surface area contributed by atoms with Gasteiger partial charge in [-0.3, -0.25) is 19.4 Å². The largest absolute Gasteiger partial charge is 0.494 e. The van der Waals surface area contributed by atoms with Crippen molar-refractivity contribution < 1.29 is 38.7 Å². The van der Waals surface area contributed by atoms with Gasteiger partial charge in [0.2, 0.25) is 11.8 Å². The number of pyridine rings is 2. The molecule has 2 saturated heterocycles. The molecule has 2 aliphatic heterocycles. The highest BCUT2D eigenvalue weighted by Gasteiger charge is 2.41. The highest BCUT2D eigenvalue weighted by Crippen LogP contribution is 2.34. The van der Waals surface area contributed by atoms with E-state index in [0.29, 0.717) is 55.0 Å². The quantitative estimate of drug-likeness (QED) is 0.0470. The number of aliphatic carboxylic acids is 2. The molecule has 0 aliphatic carbocycles. The second-order valence-electron chi connectivity index (χ2n) is 20.1. The monoisotopic (exact) mass is 1060 g/mol. The van der Waals surface area contributed by atoms with Gasteiger partial charge in [0, 0.05) is 125 Å². The third kappa shape index (κ3) is 13.4. The first-order valence-corrected chi connectivity index (χ1v) is 28.7. The normalized spacial score (nSPS) is 14.7. The standard InChI is InChI=1S/C60H68N6O8S2/c67-58(68)14-2-1-3-25-60(59(69)70,42-73-56-21-17-44-15-19-46(40-50(44)61-56)71-36-6-4-26-63-28-32-65(33-29-63)52-10-8-12-54-48(52)23-38-75-54)43-74-57-22-18-45-16-20-47(41-51(45)62-57)72-37-7-5-27-64-30-34-66(35-31-64)53-11-9-13-55-49(53)24-39-76-55/h8-13,15-24,38-41H,1-7,14,25-37,42-43H2,(H,67,68)(H,69,70). The Balaban J connectivity index is 0.693. The highest BCUT2D eigenvalue weighted by atomic mass is 32.1. The number of anilines is 2. The van der Waals surface area contributed by atoms with E-state index < -0.39 is 17.4 Å². The van der Waals surface area contributed by atoms with Gasteiger partial charge < -0.3 is 39.0 Å². The van der Waals surface area contributed by atoms with Crippen molar-refractivity contribution in [3.05, 3.63) is 120 Å². The van der Waals surface area contributed by atoms with E-state index in [1.54, 1.807) is 34.8 Å². The molecular formula is C60H68N6O8S2. The number of hydrogen-bond acceptors (Lipinski definition) is 14. The summed E-state index contributed by atoms with van der Waals surface area (Å²) < 4.78 is 27.5. The van der Waals surface area contributed by atoms with Crippen molar-refractivity contribution >= 4 is 88.0 Å². The summed E-state index contributed by atoms with van der Waals surface area (Å²) in [6.07, 6.45) is 5.62. The van der Waals surface area contributed by atoms with Crippen LogP contribution in [0.15, 0.2) is 120 Å². The molecule has 4 aromatic heterocycles. The number of carboxylic acid groups (broad SMARTS) is 2. The number of benzene rings is 4. The van der Waals surface area contributed by atoms with E-state index in [0.717, 1.165) is 102 Å². The summed E-state index contributed by atoms with van der Waals surface area (Å²) in [5, 5.41) is 28.9. The van der Waals surface area contributed by atoms with Gasteiger partial charge >= 0.3 is 11.9 Å². The van der Waals surface area contributed by atoms with E-state index in [1.165, 1.54) is 31.5 Å². The molecule has 2 aliphatic rings. The zero-order chi connectivity index (χ0) is 52.1. The number of unbranched alkanes of at least 4 members (excludes halogenated alkanes) is 4. The molecule has 76 heavy (non-hydrogen) atoms. The lowest BCUT2D eigenvalue weighted by Gasteiger charge is -2.36. The molecule has 2 fully saturated rings. The zero-order valence-electron chi connectivity index (χ0n) is 43.2. The van der Waals surface area contributed by atoms with Gasteiger partial charge in [0.25, 0.3) is 0 Å². The smallest absolute Gasteiger partial charge is 0.316 e. The van der Waals surface area contributed by atoms with Crippen LogP contribution >= 0.6 is 22.7 Å². The summed E-state index contributed by atoms with van der Waals surface area (Å²) in [4.78, 5) is 44.2. The van der Waals surface area contributed by atoms with Crippen molar-refractivity contribution in [3.63, 3.8) is 0 Å². The minimum absolute atomic E-state index is 0.0188. The van der Waals surface area contributed by atoms with Gasteiger partial charge in [-0.2, -0.15) is 0 Å². The maximum absolute atomic E-state index is 13.3. The zero-order valence-corrected chi connectivity index (χ0v) is 44.8. The van der Waals surface area contributed by atoms with E-state index in [4.69, 9.17) is 28.9 Å². The molecule has 4 aromatic carbocycles. The fraction of sp³-hybridized carbons (Fsp3) is 0.400. The van der Waals surface area contributed by atoms with Crippen molar-refractivity contribution in [2.75, 3.05) is 102 Å². The lowest BCUT2D eigenvalue weighted by atomic mass is 9.84. The Kier molecular flexibility index (Phi) is 17.6. The Bertz CT molecular complexity index is 3010. The van der Waals surface area contributed by atoms with Gasteiger partial charge in [0.1, 0.15) is 30.1 Å². The van der Waals surface area contributed by atoms with Crippen LogP contribution < -0.4 is 28.7 Å². The van der Waals surface area contributed by atoms with Crippen LogP contribution in [0.25, 0.3) is 42.0 Å². The first-order chi connectivity index (χ1) is 37.2. The predicted molar refractivity (Wildman–Crippen MR) is 306 cm³/mol. The number of aromatic nitrogens is 2. The van der Waals surface area contributed by atoms with E-state index in [1.807, 2.05) is 48.5 Å². The Morgan fingerprint density at radius 3 is 1.49 bits per heavy atom. The molecule has 0 saturated carbocycles. The molecule has 398 valence electrons. The predicted octanol–water partition coefficient (Wildman–Crippen LogP) is 11.7. The molecule has 10 rings (SSSR count). The van der Waals surface area contributed by atoms with Gasteiger partial charge in [-0.1, -0.05) is 25.0 Å². The third-order valence-corrected chi connectivity index (χ3v) is 16.7. The summed E-state index contributed by atoms with van der Waals surface area (Å²) >= 11 is 3.59. The number of carboxylic acids is 2. The van der Waals surface area contributed by atoms with Crippen LogP contribution in [0.5, 0.6) is 23.3 Å². The lowest BCUT2D eigenvalue weighted by Crippen LogP contribution is -2.46. The van der Waals surface area contributed by atoms with Gasteiger partial charge in [0.05, 0.1) is 24.2 Å². The third-order valence-electron chi connectivity index (χ3n) is 14.9. The fourth-order valence-corrected chi connectivity index (χ4v) is 12.1. The van der Waals surface area contributed by atoms with Crippen molar-refractivity contribution in [2.45, 2.75) is 57.8 Å². The molecule has 0 amide bonds. The molecule has 0 spiro atoms. The molecule has 14 nitrogen and oxygen atoms in total. The Morgan fingerprint density at radius 2 is 1.01 bits per heavy atom. The SMILES string of the molecule is O=C(O)CCCCCC(COc1ccc2ccc(OCCCCN3CCN(c4cccc5sccc45)CC3)cc2n1)(COc1ccc2ccc(OCCCCN3CCN(c4cccc5sccc45)CC3)cc2n1)C(=O)O. The summed E-state index contributed by atoms with van der Waals surface area (Å²) in [5.74, 6) is 0.0312. The lowest BCUT2D eigenvalue weighted by molar-refractivity contribution is -0.154. The second-order valence-corrected chi connectivity index (χ2v) is 22.0. The molecule has 8 aromatic rings. The fourth-order valence-electron chi connectivity index (χ4n) is 10.4. The first-order valence-electron chi connectivity index (χ1n) is 26.9. The minimum atomic E-state index is -1.48. The Labute approximate surface area is 452 Å². The molecule has 0 bridgehead atoms. The summed E-state index contributed by atoms with van der Waals surface area (Å²) in [6.45, 7) is 11.1. The molecule has 0 atom stereocenters. The van der Waals surface area contributed by atoms with Gasteiger partial charge in [-0.15, -0.1) is 22.7 Å². The molecule has 6 heterocycles. The van der Waals surface area contributed by atoms with E-state index in [-0.39, 0.29) is 37.8 Å². The molecule has 0 unspecified atom stereocenters. The number of nitrogens with zero attached hydrogens (tertiary/aromatic N) is 6. The average molecular weight is 1070 g/mol. The number of ether oxygens (including phenoxy) is 4. The summed E-state index contributed by atoms with van der Waals surface area (Å²) in [7, 11) is 0. The number of fused-ring (bicyclic) bond motifs is 4. The van der Waals surface area contributed by atoms with Crippen molar-refractivity contribution in [3.8, 4) is 23.3 Å².